The normalized spacial score (nSPS) is 12.4. The molecule has 1 aromatic rings. The fourth-order valence-corrected chi connectivity index (χ4v) is 1.35. The maximum absolute atomic E-state index is 11.4. The second-order valence-corrected chi connectivity index (χ2v) is 4.04. The second kappa shape index (κ2) is 7.50. The van der Waals surface area contributed by atoms with E-state index >= 15 is 0 Å². The van der Waals surface area contributed by atoms with Crippen molar-refractivity contribution >= 4 is 12.0 Å². The first-order valence-electron chi connectivity index (χ1n) is 5.90. The van der Waals surface area contributed by atoms with Crippen LogP contribution < -0.4 is 10.1 Å². The molecule has 0 fully saturated rings. The standard InChI is InChI=1S/C14H19NO3/c1-11(16)9-10-15-14(17)8-5-12-3-6-13(18-2)7-4-12/h3-8,11,16H,9-10H2,1-2H3,(H,15,17). The van der Waals surface area contributed by atoms with Gasteiger partial charge in [-0.15, -0.1) is 0 Å². The van der Waals surface area contributed by atoms with Crippen LogP contribution in [0.1, 0.15) is 18.9 Å². The first-order valence-corrected chi connectivity index (χ1v) is 5.90. The molecule has 1 rings (SSSR count). The molecule has 0 saturated heterocycles. The predicted molar refractivity (Wildman–Crippen MR) is 71.3 cm³/mol. The summed E-state index contributed by atoms with van der Waals surface area (Å²) in [7, 11) is 1.61. The number of methoxy groups -OCH3 is 1. The molecule has 0 aromatic heterocycles. The van der Waals surface area contributed by atoms with Gasteiger partial charge in [0.1, 0.15) is 5.75 Å². The van der Waals surface area contributed by atoms with Crippen LogP contribution in [0.5, 0.6) is 5.75 Å². The van der Waals surface area contributed by atoms with Gasteiger partial charge >= 0.3 is 0 Å². The van der Waals surface area contributed by atoms with E-state index in [0.29, 0.717) is 13.0 Å². The minimum Gasteiger partial charge on any atom is -0.497 e. The van der Waals surface area contributed by atoms with Gasteiger partial charge in [-0.1, -0.05) is 12.1 Å². The van der Waals surface area contributed by atoms with Gasteiger partial charge in [0.25, 0.3) is 0 Å². The van der Waals surface area contributed by atoms with Crippen molar-refractivity contribution in [3.8, 4) is 5.75 Å². The molecule has 4 heteroatoms. The highest BCUT2D eigenvalue weighted by molar-refractivity contribution is 5.91. The number of ether oxygens (including phenoxy) is 1. The molecule has 0 aliphatic carbocycles. The predicted octanol–water partition coefficient (Wildman–Crippen LogP) is 1.60. The Morgan fingerprint density at radius 1 is 1.44 bits per heavy atom. The summed E-state index contributed by atoms with van der Waals surface area (Å²) in [5.41, 5.74) is 0.932. The third kappa shape index (κ3) is 5.50. The second-order valence-electron chi connectivity index (χ2n) is 4.04. The Hall–Kier alpha value is -1.81. The molecule has 1 amide bonds. The Balaban J connectivity index is 2.40. The van der Waals surface area contributed by atoms with Crippen LogP contribution >= 0.6 is 0 Å². The van der Waals surface area contributed by atoms with Crippen molar-refractivity contribution < 1.29 is 14.6 Å². The molecule has 0 aliphatic heterocycles. The summed E-state index contributed by atoms with van der Waals surface area (Å²) in [5.74, 6) is 0.625. The SMILES string of the molecule is COc1ccc(C=CC(=O)NCCC(C)O)cc1. The van der Waals surface area contributed by atoms with E-state index in [9.17, 15) is 4.79 Å². The van der Waals surface area contributed by atoms with E-state index < -0.39 is 6.10 Å². The summed E-state index contributed by atoms with van der Waals surface area (Å²) < 4.78 is 5.04. The summed E-state index contributed by atoms with van der Waals surface area (Å²) in [6.45, 7) is 2.17. The van der Waals surface area contributed by atoms with Crippen molar-refractivity contribution in [1.29, 1.82) is 0 Å². The monoisotopic (exact) mass is 249 g/mol. The Kier molecular flexibility index (Phi) is 5.94. The number of carbonyl (C=O) groups is 1. The number of hydrogen-bond donors (Lipinski definition) is 2. The zero-order chi connectivity index (χ0) is 13.4. The molecule has 0 bridgehead atoms. The van der Waals surface area contributed by atoms with Gasteiger partial charge in [0.2, 0.25) is 5.91 Å². The highest BCUT2D eigenvalue weighted by Gasteiger charge is 1.98. The Bertz CT molecular complexity index is 396. The van der Waals surface area contributed by atoms with Gasteiger partial charge in [0, 0.05) is 12.6 Å². The Labute approximate surface area is 107 Å². The number of aliphatic hydroxyl groups is 1. The number of aliphatic hydroxyl groups excluding tert-OH is 1. The van der Waals surface area contributed by atoms with Crippen molar-refractivity contribution in [2.45, 2.75) is 19.4 Å². The van der Waals surface area contributed by atoms with Gasteiger partial charge in [0.05, 0.1) is 13.2 Å². The third-order valence-corrected chi connectivity index (χ3v) is 2.40. The quantitative estimate of drug-likeness (QED) is 0.753. The molecule has 1 atom stereocenters. The first-order chi connectivity index (χ1) is 8.61. The molecule has 18 heavy (non-hydrogen) atoms. The van der Waals surface area contributed by atoms with Crippen LogP contribution in [0.2, 0.25) is 0 Å². The van der Waals surface area contributed by atoms with Crippen LogP contribution in [0.4, 0.5) is 0 Å². The fraction of sp³-hybridized carbons (Fsp3) is 0.357. The summed E-state index contributed by atoms with van der Waals surface area (Å²) >= 11 is 0. The van der Waals surface area contributed by atoms with E-state index in [-0.39, 0.29) is 5.91 Å². The molecule has 1 unspecified atom stereocenters. The van der Waals surface area contributed by atoms with Crippen LogP contribution in [0.25, 0.3) is 6.08 Å². The highest BCUT2D eigenvalue weighted by atomic mass is 16.5. The molecule has 0 saturated carbocycles. The lowest BCUT2D eigenvalue weighted by molar-refractivity contribution is -0.116. The van der Waals surface area contributed by atoms with Gasteiger partial charge in [0.15, 0.2) is 0 Å². The van der Waals surface area contributed by atoms with Gasteiger partial charge in [-0.05, 0) is 37.1 Å². The van der Waals surface area contributed by atoms with E-state index in [1.807, 2.05) is 24.3 Å². The molecular weight excluding hydrogens is 230 g/mol. The molecule has 4 nitrogen and oxygen atoms in total. The van der Waals surface area contributed by atoms with Gasteiger partial charge in [-0.2, -0.15) is 0 Å². The average molecular weight is 249 g/mol. The lowest BCUT2D eigenvalue weighted by atomic mass is 10.2. The molecule has 1 aromatic carbocycles. The van der Waals surface area contributed by atoms with E-state index in [1.54, 1.807) is 20.1 Å². The Morgan fingerprint density at radius 3 is 2.67 bits per heavy atom. The molecule has 0 aliphatic rings. The number of benzene rings is 1. The molecule has 0 spiro atoms. The highest BCUT2D eigenvalue weighted by Crippen LogP contribution is 2.12. The maximum Gasteiger partial charge on any atom is 0.244 e. The maximum atomic E-state index is 11.4. The Morgan fingerprint density at radius 2 is 2.11 bits per heavy atom. The number of carbonyl (C=O) groups excluding carboxylic acids is 1. The lowest BCUT2D eigenvalue weighted by Gasteiger charge is -2.04. The van der Waals surface area contributed by atoms with Gasteiger partial charge in [-0.3, -0.25) is 4.79 Å². The largest absolute Gasteiger partial charge is 0.497 e. The minimum atomic E-state index is -0.393. The number of rotatable bonds is 6. The van der Waals surface area contributed by atoms with Crippen molar-refractivity contribution in [1.82, 2.24) is 5.32 Å². The van der Waals surface area contributed by atoms with E-state index in [0.717, 1.165) is 11.3 Å². The summed E-state index contributed by atoms with van der Waals surface area (Å²) in [6, 6.07) is 7.42. The molecule has 2 N–H and O–H groups in total. The minimum absolute atomic E-state index is 0.161. The first kappa shape index (κ1) is 14.3. The molecular formula is C14H19NO3. The number of amides is 1. The number of hydrogen-bond acceptors (Lipinski definition) is 3. The van der Waals surface area contributed by atoms with Crippen LogP contribution in [0, 0.1) is 0 Å². The van der Waals surface area contributed by atoms with Crippen LogP contribution in [-0.4, -0.2) is 30.8 Å². The molecule has 0 heterocycles. The van der Waals surface area contributed by atoms with Crippen molar-refractivity contribution in [2.24, 2.45) is 0 Å². The van der Waals surface area contributed by atoms with E-state index in [2.05, 4.69) is 5.32 Å². The molecule has 98 valence electrons. The summed E-state index contributed by atoms with van der Waals surface area (Å²) in [5, 5.41) is 11.7. The average Bonchev–Trinajstić information content (AvgIpc) is 2.36. The number of nitrogens with one attached hydrogen (secondary N) is 1. The van der Waals surface area contributed by atoms with Crippen molar-refractivity contribution in [3.05, 3.63) is 35.9 Å². The lowest BCUT2D eigenvalue weighted by Crippen LogP contribution is -2.24. The van der Waals surface area contributed by atoms with Crippen LogP contribution in [-0.2, 0) is 4.79 Å². The van der Waals surface area contributed by atoms with Gasteiger partial charge < -0.3 is 15.2 Å². The smallest absolute Gasteiger partial charge is 0.244 e. The van der Waals surface area contributed by atoms with Crippen LogP contribution in [0.15, 0.2) is 30.3 Å². The van der Waals surface area contributed by atoms with E-state index in [4.69, 9.17) is 9.84 Å². The zero-order valence-electron chi connectivity index (χ0n) is 10.7. The third-order valence-electron chi connectivity index (χ3n) is 2.40. The zero-order valence-corrected chi connectivity index (χ0v) is 10.7. The van der Waals surface area contributed by atoms with Crippen molar-refractivity contribution in [3.63, 3.8) is 0 Å². The summed E-state index contributed by atoms with van der Waals surface area (Å²) in [4.78, 5) is 11.4. The van der Waals surface area contributed by atoms with Crippen LogP contribution in [0.3, 0.4) is 0 Å². The van der Waals surface area contributed by atoms with E-state index in [1.165, 1.54) is 6.08 Å². The molecule has 0 radical (unpaired) electrons. The summed E-state index contributed by atoms with van der Waals surface area (Å²) in [6.07, 6.45) is 3.37. The fourth-order valence-electron chi connectivity index (χ4n) is 1.35. The van der Waals surface area contributed by atoms with Crippen molar-refractivity contribution in [2.75, 3.05) is 13.7 Å². The topological polar surface area (TPSA) is 58.6 Å². The van der Waals surface area contributed by atoms with Gasteiger partial charge in [-0.25, -0.2) is 0 Å².